The van der Waals surface area contributed by atoms with Gasteiger partial charge in [-0.3, -0.25) is 9.97 Å². The second-order valence-corrected chi connectivity index (χ2v) is 14.0. The number of aromatic nitrogens is 3. The Morgan fingerprint density at radius 2 is 1.08 bits per heavy atom. The largest absolute Gasteiger partial charge is 0.252 e. The first-order valence-corrected chi connectivity index (χ1v) is 17.5. The Labute approximate surface area is 297 Å². The lowest BCUT2D eigenvalue weighted by molar-refractivity contribution is 0.662. The molecule has 1 aliphatic rings. The lowest BCUT2D eigenvalue weighted by Gasteiger charge is -2.25. The van der Waals surface area contributed by atoms with Gasteiger partial charge in [0.25, 0.3) is 0 Å². The maximum absolute atomic E-state index is 5.37. The summed E-state index contributed by atoms with van der Waals surface area (Å²) in [5.74, 6) is 0. The molecular weight excluding hydrogens is 619 g/mol. The normalized spacial score (nSPS) is 13.1. The van der Waals surface area contributed by atoms with E-state index in [0.717, 1.165) is 39.1 Å². The van der Waals surface area contributed by atoms with E-state index in [1.807, 2.05) is 30.6 Å². The third-order valence-electron chi connectivity index (χ3n) is 10.8. The Morgan fingerprint density at radius 3 is 1.86 bits per heavy atom. The SMILES string of the molecule is CC1(C)c2ccccc2-c2nc3ccc4ccccc4c3c(-c3ccc(-c4ccc(-c5cnc(-c6ccccc6)cn5)c5ccccc45)cc3)c21. The van der Waals surface area contributed by atoms with Crippen LogP contribution in [0.25, 0.3) is 88.5 Å². The quantitative estimate of drug-likeness (QED) is 0.178. The van der Waals surface area contributed by atoms with Crippen LogP contribution in [0, 0.1) is 0 Å². The van der Waals surface area contributed by atoms with Crippen molar-refractivity contribution in [3.63, 3.8) is 0 Å². The lowest BCUT2D eigenvalue weighted by Crippen LogP contribution is -2.16. The van der Waals surface area contributed by atoms with Crippen molar-refractivity contribution < 1.29 is 0 Å². The number of benzene rings is 7. The molecule has 0 radical (unpaired) electrons. The summed E-state index contributed by atoms with van der Waals surface area (Å²) in [7, 11) is 0. The van der Waals surface area contributed by atoms with Crippen LogP contribution in [0.3, 0.4) is 0 Å². The van der Waals surface area contributed by atoms with Crippen molar-refractivity contribution >= 4 is 32.4 Å². The third kappa shape index (κ3) is 4.55. The zero-order valence-corrected chi connectivity index (χ0v) is 28.4. The summed E-state index contributed by atoms with van der Waals surface area (Å²) >= 11 is 0. The Bertz CT molecular complexity index is 2800. The highest BCUT2D eigenvalue weighted by Gasteiger charge is 2.39. The number of hydrogen-bond acceptors (Lipinski definition) is 3. The summed E-state index contributed by atoms with van der Waals surface area (Å²) < 4.78 is 0. The number of fused-ring (bicyclic) bond motifs is 7. The van der Waals surface area contributed by atoms with Crippen LogP contribution >= 0.6 is 0 Å². The van der Waals surface area contributed by atoms with E-state index in [1.54, 1.807) is 0 Å². The highest BCUT2D eigenvalue weighted by Crippen LogP contribution is 2.54. The maximum Gasteiger partial charge on any atom is 0.0891 e. The van der Waals surface area contributed by atoms with E-state index in [-0.39, 0.29) is 5.41 Å². The van der Waals surface area contributed by atoms with Crippen LogP contribution in [0.5, 0.6) is 0 Å². The molecule has 3 nitrogen and oxygen atoms in total. The second kappa shape index (κ2) is 11.3. The van der Waals surface area contributed by atoms with Crippen molar-refractivity contribution in [2.75, 3.05) is 0 Å². The van der Waals surface area contributed by atoms with Gasteiger partial charge in [-0.05, 0) is 61.0 Å². The highest BCUT2D eigenvalue weighted by molar-refractivity contribution is 6.16. The number of pyridine rings is 1. The van der Waals surface area contributed by atoms with Crippen LogP contribution < -0.4 is 0 Å². The predicted molar refractivity (Wildman–Crippen MR) is 212 cm³/mol. The second-order valence-electron chi connectivity index (χ2n) is 14.0. The minimum Gasteiger partial charge on any atom is -0.252 e. The summed E-state index contributed by atoms with van der Waals surface area (Å²) in [6.07, 6.45) is 3.76. The zero-order valence-electron chi connectivity index (χ0n) is 28.4. The van der Waals surface area contributed by atoms with Crippen LogP contribution in [0.4, 0.5) is 0 Å². The van der Waals surface area contributed by atoms with Crippen molar-refractivity contribution in [3.05, 3.63) is 175 Å². The molecule has 0 amide bonds. The van der Waals surface area contributed by atoms with E-state index in [1.165, 1.54) is 60.5 Å². The van der Waals surface area contributed by atoms with E-state index in [9.17, 15) is 0 Å². The maximum atomic E-state index is 5.37. The van der Waals surface area contributed by atoms with Gasteiger partial charge in [0.05, 0.1) is 35.0 Å². The van der Waals surface area contributed by atoms with Crippen LogP contribution in [0.15, 0.2) is 164 Å². The fourth-order valence-electron chi connectivity index (χ4n) is 8.31. The molecule has 240 valence electrons. The molecule has 51 heavy (non-hydrogen) atoms. The van der Waals surface area contributed by atoms with Gasteiger partial charge in [0.2, 0.25) is 0 Å². The number of rotatable bonds is 4. The average Bonchev–Trinajstić information content (AvgIpc) is 3.42. The van der Waals surface area contributed by atoms with E-state index < -0.39 is 0 Å². The molecule has 0 saturated heterocycles. The molecule has 0 unspecified atom stereocenters. The number of nitrogens with zero attached hydrogens (tertiary/aromatic N) is 3. The molecule has 9 aromatic rings. The molecule has 0 atom stereocenters. The van der Waals surface area contributed by atoms with Crippen molar-refractivity contribution in [1.29, 1.82) is 0 Å². The molecular formula is C48H33N3. The summed E-state index contributed by atoms with van der Waals surface area (Å²) in [6, 6.07) is 54.3. The minimum absolute atomic E-state index is 0.202. The summed E-state index contributed by atoms with van der Waals surface area (Å²) in [5.41, 5.74) is 14.5. The summed E-state index contributed by atoms with van der Waals surface area (Å²) in [5, 5.41) is 6.02. The minimum atomic E-state index is -0.202. The highest BCUT2D eigenvalue weighted by atomic mass is 14.8. The molecule has 0 spiro atoms. The molecule has 0 bridgehead atoms. The predicted octanol–water partition coefficient (Wildman–Crippen LogP) is 12.3. The van der Waals surface area contributed by atoms with E-state index in [2.05, 4.69) is 147 Å². The fraction of sp³-hybridized carbons (Fsp3) is 0.0625. The molecule has 0 saturated carbocycles. The Kier molecular flexibility index (Phi) is 6.53. The molecule has 2 aromatic heterocycles. The first-order valence-electron chi connectivity index (χ1n) is 17.5. The van der Waals surface area contributed by atoms with E-state index in [4.69, 9.17) is 15.0 Å². The van der Waals surface area contributed by atoms with Crippen LogP contribution in [0.1, 0.15) is 25.0 Å². The first-order chi connectivity index (χ1) is 25.1. The van der Waals surface area contributed by atoms with E-state index in [0.29, 0.717) is 0 Å². The molecule has 0 aliphatic heterocycles. The lowest BCUT2D eigenvalue weighted by atomic mass is 9.78. The standard InChI is InChI=1S/C48H33N3/c1-48(2)40-19-11-10-18-39(40)47-46(48)44(45-35-15-7-6-12-30(35)24-27-41(45)51-47)33-22-20-31(21-23-33)34-25-26-38(37-17-9-8-16-36(34)37)43-29-49-42(28-50-43)32-13-4-3-5-14-32/h3-29H,1-2H3. The third-order valence-corrected chi connectivity index (χ3v) is 10.8. The molecule has 1 aliphatic carbocycles. The molecule has 10 rings (SSSR count). The van der Waals surface area contributed by atoms with Crippen LogP contribution in [-0.2, 0) is 5.41 Å². The van der Waals surface area contributed by atoms with Gasteiger partial charge in [-0.2, -0.15) is 0 Å². The fourth-order valence-corrected chi connectivity index (χ4v) is 8.31. The van der Waals surface area contributed by atoms with Crippen LogP contribution in [-0.4, -0.2) is 15.0 Å². The summed E-state index contributed by atoms with van der Waals surface area (Å²) in [4.78, 5) is 15.0. The Balaban J connectivity index is 1.12. The van der Waals surface area contributed by atoms with Crippen molar-refractivity contribution in [1.82, 2.24) is 15.0 Å². The number of hydrogen-bond donors (Lipinski definition) is 0. The monoisotopic (exact) mass is 651 g/mol. The van der Waals surface area contributed by atoms with Crippen molar-refractivity contribution in [3.8, 4) is 56.0 Å². The molecule has 7 aromatic carbocycles. The van der Waals surface area contributed by atoms with Gasteiger partial charge in [-0.25, -0.2) is 4.98 Å². The first kappa shape index (κ1) is 29.5. The van der Waals surface area contributed by atoms with Gasteiger partial charge in [-0.1, -0.05) is 159 Å². The van der Waals surface area contributed by atoms with Crippen molar-refractivity contribution in [2.24, 2.45) is 0 Å². The van der Waals surface area contributed by atoms with E-state index >= 15 is 0 Å². The zero-order chi connectivity index (χ0) is 34.1. The molecule has 0 fully saturated rings. The Hall–Kier alpha value is -6.45. The summed E-state index contributed by atoms with van der Waals surface area (Å²) in [6.45, 7) is 4.70. The topological polar surface area (TPSA) is 38.7 Å². The van der Waals surface area contributed by atoms with Gasteiger partial charge in [-0.15, -0.1) is 0 Å². The van der Waals surface area contributed by atoms with Gasteiger partial charge in [0.1, 0.15) is 0 Å². The average molecular weight is 652 g/mol. The Morgan fingerprint density at radius 1 is 0.451 bits per heavy atom. The molecule has 3 heteroatoms. The smallest absolute Gasteiger partial charge is 0.0891 e. The van der Waals surface area contributed by atoms with Gasteiger partial charge < -0.3 is 0 Å². The van der Waals surface area contributed by atoms with Crippen LogP contribution in [0.2, 0.25) is 0 Å². The van der Waals surface area contributed by atoms with Crippen molar-refractivity contribution in [2.45, 2.75) is 19.3 Å². The van der Waals surface area contributed by atoms with Gasteiger partial charge in [0, 0.05) is 27.5 Å². The molecule has 0 N–H and O–H groups in total. The molecule has 2 heterocycles. The van der Waals surface area contributed by atoms with Gasteiger partial charge >= 0.3 is 0 Å². The van der Waals surface area contributed by atoms with Gasteiger partial charge in [0.15, 0.2) is 0 Å².